The summed E-state index contributed by atoms with van der Waals surface area (Å²) in [6.45, 7) is 4.11. The summed E-state index contributed by atoms with van der Waals surface area (Å²) in [6, 6.07) is 13.7. The Kier molecular flexibility index (Phi) is 4.31. The highest BCUT2D eigenvalue weighted by molar-refractivity contribution is 6.23. The molecule has 3 heteroatoms. The van der Waals surface area contributed by atoms with Crippen LogP contribution in [0.15, 0.2) is 48.2 Å². The maximum absolute atomic E-state index is 12.9. The minimum absolute atomic E-state index is 0.0669. The summed E-state index contributed by atoms with van der Waals surface area (Å²) >= 11 is 0. The first-order valence-electron chi connectivity index (χ1n) is 9.42. The molecule has 0 radical (unpaired) electrons. The van der Waals surface area contributed by atoms with Crippen molar-refractivity contribution in [1.82, 2.24) is 0 Å². The molecule has 0 spiro atoms. The smallest absolute Gasteiger partial charge is 0.169 e. The van der Waals surface area contributed by atoms with Gasteiger partial charge in [0.05, 0.1) is 5.57 Å². The molecule has 26 heavy (non-hydrogen) atoms. The third-order valence-electron chi connectivity index (χ3n) is 5.68. The molecule has 0 heterocycles. The second-order valence-corrected chi connectivity index (χ2v) is 7.42. The average molecular weight is 348 g/mol. The van der Waals surface area contributed by atoms with Gasteiger partial charge in [0.1, 0.15) is 17.3 Å². The Labute approximate surface area is 154 Å². The van der Waals surface area contributed by atoms with E-state index in [1.54, 1.807) is 0 Å². The Hall–Kier alpha value is -2.55. The fourth-order valence-corrected chi connectivity index (χ4v) is 4.18. The van der Waals surface area contributed by atoms with Crippen LogP contribution in [0.3, 0.4) is 0 Å². The van der Waals surface area contributed by atoms with Crippen LogP contribution in [-0.4, -0.2) is 10.9 Å². The molecule has 3 nitrogen and oxygen atoms in total. The standard InChI is InChI=1S/C23H24O3/c1-3-15-8-11-19(26-18-9-4-14(2)5-10-18)13-20(15)21-22(24)16-6-7-17(12-16)23(21)25/h4-5,8-11,13,16-17,24H,3,6-7,12H2,1-2H3/t16-,17+/m0/s1. The second-order valence-electron chi connectivity index (χ2n) is 7.42. The summed E-state index contributed by atoms with van der Waals surface area (Å²) in [5.41, 5.74) is 3.60. The Morgan fingerprint density at radius 1 is 1.04 bits per heavy atom. The Balaban J connectivity index is 1.74. The fourth-order valence-electron chi connectivity index (χ4n) is 4.18. The minimum atomic E-state index is 0.0669. The van der Waals surface area contributed by atoms with Gasteiger partial charge in [-0.05, 0) is 68.0 Å². The Bertz CT molecular complexity index is 877. The monoisotopic (exact) mass is 348 g/mol. The van der Waals surface area contributed by atoms with Crippen molar-refractivity contribution in [2.75, 3.05) is 0 Å². The van der Waals surface area contributed by atoms with Crippen LogP contribution < -0.4 is 4.74 Å². The van der Waals surface area contributed by atoms with Crippen LogP contribution >= 0.6 is 0 Å². The molecule has 0 saturated heterocycles. The molecule has 2 aromatic carbocycles. The molecule has 4 rings (SSSR count). The number of carbonyl (C=O) groups excluding carboxylic acids is 1. The zero-order valence-electron chi connectivity index (χ0n) is 15.3. The highest BCUT2D eigenvalue weighted by atomic mass is 16.5. The van der Waals surface area contributed by atoms with Crippen LogP contribution in [0.25, 0.3) is 5.57 Å². The number of hydrogen-bond acceptors (Lipinski definition) is 3. The third kappa shape index (κ3) is 2.92. The first-order valence-corrected chi connectivity index (χ1v) is 9.42. The molecule has 0 amide bonds. The van der Waals surface area contributed by atoms with Crippen molar-refractivity contribution in [3.05, 3.63) is 64.9 Å². The molecule has 2 aromatic rings. The summed E-state index contributed by atoms with van der Waals surface area (Å²) < 4.78 is 5.99. The van der Waals surface area contributed by atoms with E-state index in [4.69, 9.17) is 4.74 Å². The maximum atomic E-state index is 12.9. The van der Waals surface area contributed by atoms with Crippen LogP contribution in [0, 0.1) is 18.8 Å². The van der Waals surface area contributed by atoms with Crippen LogP contribution in [0.2, 0.25) is 0 Å². The van der Waals surface area contributed by atoms with Crippen LogP contribution in [0.4, 0.5) is 0 Å². The van der Waals surface area contributed by atoms with Gasteiger partial charge in [0.2, 0.25) is 0 Å². The van der Waals surface area contributed by atoms with Gasteiger partial charge >= 0.3 is 0 Å². The topological polar surface area (TPSA) is 46.5 Å². The van der Waals surface area contributed by atoms with E-state index in [9.17, 15) is 9.90 Å². The predicted octanol–water partition coefficient (Wildman–Crippen LogP) is 5.62. The Morgan fingerprint density at radius 3 is 2.46 bits per heavy atom. The lowest BCUT2D eigenvalue weighted by atomic mass is 9.81. The zero-order valence-corrected chi connectivity index (χ0v) is 15.3. The van der Waals surface area contributed by atoms with Crippen molar-refractivity contribution in [3.63, 3.8) is 0 Å². The maximum Gasteiger partial charge on any atom is 0.169 e. The normalized spacial score (nSPS) is 22.0. The van der Waals surface area contributed by atoms with Crippen molar-refractivity contribution in [2.24, 2.45) is 11.8 Å². The number of ketones is 1. The molecule has 0 unspecified atom stereocenters. The quantitative estimate of drug-likeness (QED) is 0.780. The lowest BCUT2D eigenvalue weighted by Gasteiger charge is -2.23. The number of carbonyl (C=O) groups is 1. The molecule has 1 saturated carbocycles. The number of fused-ring (bicyclic) bond motifs is 2. The highest BCUT2D eigenvalue weighted by Gasteiger charge is 2.41. The first-order chi connectivity index (χ1) is 12.6. The van der Waals surface area contributed by atoms with E-state index < -0.39 is 0 Å². The number of aliphatic hydroxyl groups is 1. The van der Waals surface area contributed by atoms with Gasteiger partial charge in [-0.3, -0.25) is 4.79 Å². The van der Waals surface area contributed by atoms with E-state index >= 15 is 0 Å². The van der Waals surface area contributed by atoms with Crippen molar-refractivity contribution >= 4 is 11.4 Å². The molecule has 2 bridgehead atoms. The van der Waals surface area contributed by atoms with Crippen LogP contribution in [-0.2, 0) is 11.2 Å². The van der Waals surface area contributed by atoms with Crippen LogP contribution in [0.5, 0.6) is 11.5 Å². The summed E-state index contributed by atoms with van der Waals surface area (Å²) in [5.74, 6) is 2.03. The third-order valence-corrected chi connectivity index (χ3v) is 5.68. The van der Waals surface area contributed by atoms with Crippen molar-refractivity contribution in [1.29, 1.82) is 0 Å². The van der Waals surface area contributed by atoms with Gasteiger partial charge in [0, 0.05) is 11.8 Å². The van der Waals surface area contributed by atoms with Gasteiger partial charge in [-0.1, -0.05) is 30.7 Å². The summed E-state index contributed by atoms with van der Waals surface area (Å²) in [7, 11) is 0. The molecular formula is C23H24O3. The molecule has 2 aliphatic carbocycles. The predicted molar refractivity (Wildman–Crippen MR) is 102 cm³/mol. The molecule has 1 N–H and O–H groups in total. The summed E-state index contributed by atoms with van der Waals surface area (Å²) in [6.07, 6.45) is 3.40. The average Bonchev–Trinajstić information content (AvgIpc) is 3.10. The minimum Gasteiger partial charge on any atom is -0.511 e. The molecule has 0 aromatic heterocycles. The number of allylic oxidation sites excluding steroid dienone is 2. The van der Waals surface area contributed by atoms with Gasteiger partial charge in [0.25, 0.3) is 0 Å². The second kappa shape index (κ2) is 6.64. The van der Waals surface area contributed by atoms with E-state index in [1.165, 1.54) is 5.56 Å². The number of rotatable bonds is 4. The van der Waals surface area contributed by atoms with Crippen molar-refractivity contribution in [3.8, 4) is 11.5 Å². The largest absolute Gasteiger partial charge is 0.511 e. The van der Waals surface area contributed by atoms with Gasteiger partial charge in [-0.2, -0.15) is 0 Å². The summed E-state index contributed by atoms with van der Waals surface area (Å²) in [4.78, 5) is 12.9. The first kappa shape index (κ1) is 16.9. The van der Waals surface area contributed by atoms with E-state index in [-0.39, 0.29) is 23.4 Å². The molecule has 2 atom stereocenters. The number of hydrogen-bond donors (Lipinski definition) is 1. The number of aliphatic hydroxyl groups excluding tert-OH is 1. The van der Waals surface area contributed by atoms with E-state index in [1.807, 2.05) is 49.4 Å². The number of ether oxygens (including phenoxy) is 1. The van der Waals surface area contributed by atoms with Crippen LogP contribution in [0.1, 0.15) is 42.9 Å². The molecule has 0 aliphatic heterocycles. The zero-order chi connectivity index (χ0) is 18.3. The summed E-state index contributed by atoms with van der Waals surface area (Å²) in [5, 5.41) is 10.7. The highest BCUT2D eigenvalue weighted by Crippen LogP contribution is 2.46. The van der Waals surface area contributed by atoms with E-state index in [2.05, 4.69) is 6.92 Å². The van der Waals surface area contributed by atoms with Crippen molar-refractivity contribution < 1.29 is 14.6 Å². The molecular weight excluding hydrogens is 324 g/mol. The van der Waals surface area contributed by atoms with E-state index in [0.29, 0.717) is 11.3 Å². The molecule has 1 fully saturated rings. The van der Waals surface area contributed by atoms with Gasteiger partial charge in [-0.15, -0.1) is 0 Å². The number of Topliss-reactive ketones (excluding diaryl/α,β-unsaturated/α-hetero) is 1. The molecule has 2 aliphatic rings. The SMILES string of the molecule is CCc1ccc(Oc2ccc(C)cc2)cc1C1=C(O)[C@H]2CC[C@H](C2)C1=O. The van der Waals surface area contributed by atoms with Gasteiger partial charge < -0.3 is 9.84 Å². The number of aryl methyl sites for hydroxylation is 2. The van der Waals surface area contributed by atoms with E-state index in [0.717, 1.165) is 42.6 Å². The fraction of sp³-hybridized carbons (Fsp3) is 0.348. The van der Waals surface area contributed by atoms with Gasteiger partial charge in [-0.25, -0.2) is 0 Å². The van der Waals surface area contributed by atoms with Crippen molar-refractivity contribution in [2.45, 2.75) is 39.5 Å². The molecule has 134 valence electrons. The lowest BCUT2D eigenvalue weighted by Crippen LogP contribution is -2.21. The Morgan fingerprint density at radius 2 is 1.73 bits per heavy atom. The number of benzene rings is 2. The van der Waals surface area contributed by atoms with Gasteiger partial charge in [0.15, 0.2) is 5.78 Å². The lowest BCUT2D eigenvalue weighted by molar-refractivity contribution is -0.117.